The molecule has 0 heterocycles. The van der Waals surface area contributed by atoms with Gasteiger partial charge in [0.05, 0.1) is 11.9 Å². The maximum Gasteiger partial charge on any atom is 0.244 e. The first-order chi connectivity index (χ1) is 15.4. The van der Waals surface area contributed by atoms with E-state index < -0.39 is 28.5 Å². The summed E-state index contributed by atoms with van der Waals surface area (Å²) >= 11 is 0. The molecule has 33 heavy (non-hydrogen) atoms. The molecule has 0 aliphatic carbocycles. The van der Waals surface area contributed by atoms with Crippen LogP contribution in [0.25, 0.3) is 0 Å². The van der Waals surface area contributed by atoms with E-state index in [9.17, 15) is 18.0 Å². The molecule has 0 unspecified atom stereocenters. The van der Waals surface area contributed by atoms with Gasteiger partial charge < -0.3 is 10.2 Å². The lowest BCUT2D eigenvalue weighted by molar-refractivity contribution is -0.139. The second kappa shape index (κ2) is 11.3. The monoisotopic (exact) mass is 473 g/mol. The highest BCUT2D eigenvalue weighted by Gasteiger charge is 2.30. The summed E-state index contributed by atoms with van der Waals surface area (Å²) in [4.78, 5) is 27.8. The van der Waals surface area contributed by atoms with Crippen LogP contribution in [0.2, 0.25) is 0 Å². The standard InChI is InChI=1S/C25H35N3O4S/c1-7-20(4)26-25(30)21(5)27(16-22-11-9-8-10-12-22)24(29)17-28(33(6,31)32)23-14-13-18(2)19(3)15-23/h8-15,20-21H,7,16-17H2,1-6H3,(H,26,30)/t20-,21-/m1/s1. The van der Waals surface area contributed by atoms with Gasteiger partial charge in [0.2, 0.25) is 21.8 Å². The molecule has 1 N–H and O–H groups in total. The lowest BCUT2D eigenvalue weighted by Crippen LogP contribution is -2.52. The number of nitrogens with zero attached hydrogens (tertiary/aromatic N) is 2. The maximum atomic E-state index is 13.5. The molecule has 0 aliphatic heterocycles. The number of carbonyl (C=O) groups is 2. The van der Waals surface area contributed by atoms with Gasteiger partial charge in [-0.25, -0.2) is 8.42 Å². The Balaban J connectivity index is 2.38. The highest BCUT2D eigenvalue weighted by Crippen LogP contribution is 2.22. The molecule has 0 aliphatic rings. The molecular weight excluding hydrogens is 438 g/mol. The normalized spacial score (nSPS) is 13.2. The van der Waals surface area contributed by atoms with Crippen LogP contribution in [0.1, 0.15) is 43.9 Å². The summed E-state index contributed by atoms with van der Waals surface area (Å²) in [5.74, 6) is -0.722. The Bertz CT molecular complexity index is 1070. The Morgan fingerprint density at radius 3 is 2.18 bits per heavy atom. The molecule has 0 spiro atoms. The van der Waals surface area contributed by atoms with Gasteiger partial charge in [-0.1, -0.05) is 43.3 Å². The molecule has 2 rings (SSSR count). The lowest BCUT2D eigenvalue weighted by Gasteiger charge is -2.32. The van der Waals surface area contributed by atoms with Crippen molar-refractivity contribution in [2.75, 3.05) is 17.1 Å². The van der Waals surface area contributed by atoms with Gasteiger partial charge in [0.15, 0.2) is 0 Å². The van der Waals surface area contributed by atoms with E-state index in [2.05, 4.69) is 5.32 Å². The number of amides is 2. The van der Waals surface area contributed by atoms with Crippen LogP contribution >= 0.6 is 0 Å². The topological polar surface area (TPSA) is 86.8 Å². The molecule has 0 saturated heterocycles. The summed E-state index contributed by atoms with van der Waals surface area (Å²) in [6, 6.07) is 13.8. The average Bonchev–Trinajstić information content (AvgIpc) is 2.76. The van der Waals surface area contributed by atoms with Crippen LogP contribution in [0.15, 0.2) is 48.5 Å². The van der Waals surface area contributed by atoms with Gasteiger partial charge in [0.25, 0.3) is 0 Å². The van der Waals surface area contributed by atoms with Crippen molar-refractivity contribution >= 4 is 27.5 Å². The largest absolute Gasteiger partial charge is 0.352 e. The summed E-state index contributed by atoms with van der Waals surface area (Å²) in [6.07, 6.45) is 1.84. The molecule has 8 heteroatoms. The number of anilines is 1. The predicted octanol–water partition coefficient (Wildman–Crippen LogP) is 3.40. The fraction of sp³-hybridized carbons (Fsp3) is 0.440. The Hall–Kier alpha value is -2.87. The minimum Gasteiger partial charge on any atom is -0.352 e. The number of sulfonamides is 1. The number of nitrogens with one attached hydrogen (secondary N) is 1. The van der Waals surface area contributed by atoms with Crippen molar-refractivity contribution in [3.8, 4) is 0 Å². The number of carbonyl (C=O) groups excluding carboxylic acids is 2. The Labute approximate surface area is 197 Å². The zero-order valence-electron chi connectivity index (χ0n) is 20.3. The highest BCUT2D eigenvalue weighted by atomic mass is 32.2. The van der Waals surface area contributed by atoms with Crippen LogP contribution in [0.5, 0.6) is 0 Å². The van der Waals surface area contributed by atoms with Crippen LogP contribution in [0.4, 0.5) is 5.69 Å². The van der Waals surface area contributed by atoms with Gasteiger partial charge >= 0.3 is 0 Å². The first kappa shape index (κ1) is 26.4. The molecule has 2 aromatic carbocycles. The van der Waals surface area contributed by atoms with Crippen molar-refractivity contribution in [3.05, 3.63) is 65.2 Å². The van der Waals surface area contributed by atoms with Crippen molar-refractivity contribution < 1.29 is 18.0 Å². The summed E-state index contributed by atoms with van der Waals surface area (Å²) in [5, 5.41) is 2.91. The molecular formula is C25H35N3O4S. The van der Waals surface area contributed by atoms with Crippen LogP contribution < -0.4 is 9.62 Å². The van der Waals surface area contributed by atoms with E-state index in [1.54, 1.807) is 19.1 Å². The fourth-order valence-electron chi connectivity index (χ4n) is 3.32. The van der Waals surface area contributed by atoms with E-state index >= 15 is 0 Å². The summed E-state index contributed by atoms with van der Waals surface area (Å²) < 4.78 is 26.3. The molecule has 7 nitrogen and oxygen atoms in total. The lowest BCUT2D eigenvalue weighted by atomic mass is 10.1. The average molecular weight is 474 g/mol. The number of hydrogen-bond acceptors (Lipinski definition) is 4. The van der Waals surface area contributed by atoms with E-state index in [0.29, 0.717) is 5.69 Å². The third-order valence-corrected chi connectivity index (χ3v) is 6.96. The Morgan fingerprint density at radius 2 is 1.64 bits per heavy atom. The van der Waals surface area contributed by atoms with Crippen molar-refractivity contribution in [3.63, 3.8) is 0 Å². The molecule has 2 aromatic rings. The molecule has 0 bridgehead atoms. The SMILES string of the molecule is CC[C@@H](C)NC(=O)[C@@H](C)N(Cc1ccccc1)C(=O)CN(c1ccc(C)c(C)c1)S(C)(=O)=O. The van der Waals surface area contributed by atoms with E-state index in [1.807, 2.05) is 64.1 Å². The number of benzene rings is 2. The first-order valence-electron chi connectivity index (χ1n) is 11.1. The molecule has 2 amide bonds. The molecule has 0 radical (unpaired) electrons. The number of aryl methyl sites for hydroxylation is 2. The first-order valence-corrected chi connectivity index (χ1v) is 13.0. The smallest absolute Gasteiger partial charge is 0.244 e. The van der Waals surface area contributed by atoms with Gasteiger partial charge in [-0.3, -0.25) is 13.9 Å². The summed E-state index contributed by atoms with van der Waals surface area (Å²) in [5.41, 5.74) is 3.23. The van der Waals surface area contributed by atoms with E-state index in [0.717, 1.165) is 33.7 Å². The predicted molar refractivity (Wildman–Crippen MR) is 132 cm³/mol. The van der Waals surface area contributed by atoms with Crippen molar-refractivity contribution in [2.45, 2.75) is 59.7 Å². The minimum atomic E-state index is -3.73. The van der Waals surface area contributed by atoms with Crippen molar-refractivity contribution in [1.82, 2.24) is 10.2 Å². The third-order valence-electron chi connectivity index (χ3n) is 5.82. The van der Waals surface area contributed by atoms with Crippen LogP contribution in [0, 0.1) is 13.8 Å². The number of rotatable bonds is 10. The van der Waals surface area contributed by atoms with Crippen molar-refractivity contribution in [1.29, 1.82) is 0 Å². The molecule has 180 valence electrons. The van der Waals surface area contributed by atoms with E-state index in [-0.39, 0.29) is 18.5 Å². The summed E-state index contributed by atoms with van der Waals surface area (Å²) in [7, 11) is -3.73. The second-order valence-electron chi connectivity index (χ2n) is 8.54. The maximum absolute atomic E-state index is 13.5. The minimum absolute atomic E-state index is 0.0309. The molecule has 0 aromatic heterocycles. The quantitative estimate of drug-likeness (QED) is 0.573. The van der Waals surface area contributed by atoms with Gasteiger partial charge in [-0.05, 0) is 62.9 Å². The van der Waals surface area contributed by atoms with Gasteiger partial charge in [-0.2, -0.15) is 0 Å². The van der Waals surface area contributed by atoms with Crippen LogP contribution in [0.3, 0.4) is 0 Å². The number of hydrogen-bond donors (Lipinski definition) is 1. The van der Waals surface area contributed by atoms with Gasteiger partial charge in [0.1, 0.15) is 12.6 Å². The summed E-state index contributed by atoms with van der Waals surface area (Å²) in [6.45, 7) is 9.17. The Morgan fingerprint density at radius 1 is 1.00 bits per heavy atom. The highest BCUT2D eigenvalue weighted by molar-refractivity contribution is 7.92. The molecule has 2 atom stereocenters. The van der Waals surface area contributed by atoms with Crippen LogP contribution in [-0.4, -0.2) is 50.0 Å². The zero-order chi connectivity index (χ0) is 24.8. The van der Waals surface area contributed by atoms with Gasteiger partial charge in [0, 0.05) is 12.6 Å². The molecule has 0 saturated carbocycles. The second-order valence-corrected chi connectivity index (χ2v) is 10.4. The third kappa shape index (κ3) is 7.32. The van der Waals surface area contributed by atoms with E-state index in [4.69, 9.17) is 0 Å². The van der Waals surface area contributed by atoms with Gasteiger partial charge in [-0.15, -0.1) is 0 Å². The molecule has 0 fully saturated rings. The van der Waals surface area contributed by atoms with Crippen molar-refractivity contribution in [2.24, 2.45) is 0 Å². The Kier molecular flexibility index (Phi) is 9.05. The van der Waals surface area contributed by atoms with E-state index in [1.165, 1.54) is 4.90 Å². The van der Waals surface area contributed by atoms with Crippen LogP contribution in [-0.2, 0) is 26.2 Å². The zero-order valence-corrected chi connectivity index (χ0v) is 21.1. The fourth-order valence-corrected chi connectivity index (χ4v) is 4.16.